The van der Waals surface area contributed by atoms with E-state index in [4.69, 9.17) is 24.8 Å². The Labute approximate surface area is 180 Å². The maximum atomic E-state index is 11.3. The number of ether oxygens (including phenoxy) is 4. The van der Waals surface area contributed by atoms with Crippen molar-refractivity contribution >= 4 is 17.4 Å². The molecule has 1 atom stereocenters. The van der Waals surface area contributed by atoms with Gasteiger partial charge in [0.1, 0.15) is 12.4 Å². The third kappa shape index (κ3) is 3.70. The Bertz CT molecular complexity index is 1150. The zero-order valence-corrected chi connectivity index (χ0v) is 16.9. The van der Waals surface area contributed by atoms with Crippen molar-refractivity contribution in [2.45, 2.75) is 23.6 Å². The van der Waals surface area contributed by atoms with Crippen LogP contribution >= 0.6 is 11.8 Å². The highest BCUT2D eigenvalue weighted by atomic mass is 32.2. The molecule has 0 saturated carbocycles. The Balaban J connectivity index is 1.35. The first kappa shape index (κ1) is 19.5. The molecule has 0 fully saturated rings. The minimum absolute atomic E-state index is 0.0234. The summed E-state index contributed by atoms with van der Waals surface area (Å²) in [6.07, 6.45) is -0.507. The average Bonchev–Trinajstić information content (AvgIpc) is 3.17. The number of rotatable bonds is 5. The van der Waals surface area contributed by atoms with Crippen LogP contribution in [-0.2, 0) is 17.1 Å². The molecule has 0 spiro atoms. The zero-order chi connectivity index (χ0) is 21.4. The quantitative estimate of drug-likeness (QED) is 0.271. The maximum absolute atomic E-state index is 11.3. The maximum Gasteiger partial charge on any atom is 0.270 e. The van der Waals surface area contributed by atoms with Crippen LogP contribution in [0.3, 0.4) is 0 Å². The van der Waals surface area contributed by atoms with Gasteiger partial charge in [0, 0.05) is 29.0 Å². The fraction of sp³-hybridized carbons (Fsp3) is 0.263. The number of aromatic nitrogens is 3. The lowest BCUT2D eigenvalue weighted by molar-refractivity contribution is -0.385. The Hall–Kier alpha value is -3.51. The second-order valence-electron chi connectivity index (χ2n) is 6.82. The van der Waals surface area contributed by atoms with Crippen molar-refractivity contribution in [2.75, 3.05) is 19.2 Å². The van der Waals surface area contributed by atoms with Crippen LogP contribution in [0.2, 0.25) is 0 Å². The van der Waals surface area contributed by atoms with Crippen LogP contribution in [0.15, 0.2) is 41.6 Å². The van der Waals surface area contributed by atoms with Crippen LogP contribution < -0.4 is 20.1 Å². The normalized spacial score (nSPS) is 17.0. The smallest absolute Gasteiger partial charge is 0.270 e. The van der Waals surface area contributed by atoms with Gasteiger partial charge in [-0.05, 0) is 12.1 Å². The van der Waals surface area contributed by atoms with Gasteiger partial charge in [-0.2, -0.15) is 0 Å². The van der Waals surface area contributed by atoms with E-state index in [9.17, 15) is 10.1 Å². The molecule has 12 heteroatoms. The molecular weight excluding hydrogens is 426 g/mol. The van der Waals surface area contributed by atoms with Gasteiger partial charge in [0.05, 0.1) is 11.5 Å². The van der Waals surface area contributed by atoms with Crippen molar-refractivity contribution in [1.82, 2.24) is 14.9 Å². The van der Waals surface area contributed by atoms with Gasteiger partial charge in [0.15, 0.2) is 30.2 Å². The summed E-state index contributed by atoms with van der Waals surface area (Å²) < 4.78 is 23.8. The molecule has 0 amide bonds. The standard InChI is InChI=1S/C19H17N5O6S/c20-23-18(16-8-28-14-3-1-2-4-15(14)30-16)21-22-19(23)31-9-12-6-13(24(25)26)5-11-7-27-10-29-17(11)12/h1-6,16H,7-10,20H2/t16-/m1/s1. The molecule has 0 aliphatic carbocycles. The third-order valence-electron chi connectivity index (χ3n) is 4.83. The summed E-state index contributed by atoms with van der Waals surface area (Å²) >= 11 is 1.29. The lowest BCUT2D eigenvalue weighted by Gasteiger charge is -2.25. The fourth-order valence-corrected chi connectivity index (χ4v) is 4.22. The van der Waals surface area contributed by atoms with E-state index in [2.05, 4.69) is 10.2 Å². The summed E-state index contributed by atoms with van der Waals surface area (Å²) in [4.78, 5) is 10.8. The molecule has 160 valence electrons. The molecule has 31 heavy (non-hydrogen) atoms. The van der Waals surface area contributed by atoms with E-state index in [0.29, 0.717) is 45.1 Å². The van der Waals surface area contributed by atoms with E-state index in [-0.39, 0.29) is 25.7 Å². The van der Waals surface area contributed by atoms with Crippen molar-refractivity contribution in [3.05, 3.63) is 63.5 Å². The van der Waals surface area contributed by atoms with Crippen LogP contribution in [0.1, 0.15) is 23.1 Å². The van der Waals surface area contributed by atoms with E-state index < -0.39 is 11.0 Å². The molecule has 3 aromatic rings. The lowest BCUT2D eigenvalue weighted by atomic mass is 10.1. The number of hydrogen-bond acceptors (Lipinski definition) is 10. The molecule has 2 N–H and O–H groups in total. The summed E-state index contributed by atoms with van der Waals surface area (Å²) in [6.45, 7) is 0.607. The molecule has 0 saturated heterocycles. The number of nitro benzene ring substituents is 1. The van der Waals surface area contributed by atoms with Gasteiger partial charge in [-0.3, -0.25) is 10.1 Å². The van der Waals surface area contributed by atoms with Gasteiger partial charge in [-0.25, -0.2) is 4.68 Å². The summed E-state index contributed by atoms with van der Waals surface area (Å²) in [7, 11) is 0. The van der Waals surface area contributed by atoms with Crippen molar-refractivity contribution in [1.29, 1.82) is 0 Å². The van der Waals surface area contributed by atoms with Crippen molar-refractivity contribution in [2.24, 2.45) is 0 Å². The molecular formula is C19H17N5O6S. The monoisotopic (exact) mass is 443 g/mol. The molecule has 0 radical (unpaired) electrons. The molecule has 5 rings (SSSR count). The fourth-order valence-electron chi connectivity index (χ4n) is 3.39. The molecule has 1 aromatic heterocycles. The summed E-state index contributed by atoms with van der Waals surface area (Å²) in [5, 5.41) is 20.0. The predicted octanol–water partition coefficient (Wildman–Crippen LogP) is 2.57. The van der Waals surface area contributed by atoms with Gasteiger partial charge in [0.25, 0.3) is 5.69 Å². The summed E-state index contributed by atoms with van der Waals surface area (Å²) in [6, 6.07) is 10.3. The highest BCUT2D eigenvalue weighted by molar-refractivity contribution is 7.98. The van der Waals surface area contributed by atoms with Crippen LogP contribution in [-0.4, -0.2) is 33.2 Å². The van der Waals surface area contributed by atoms with Gasteiger partial charge in [-0.1, -0.05) is 23.9 Å². The number of nitrogen functional groups attached to an aromatic ring is 1. The number of benzene rings is 2. The second-order valence-corrected chi connectivity index (χ2v) is 7.77. The molecule has 0 unspecified atom stereocenters. The summed E-state index contributed by atoms with van der Waals surface area (Å²) in [5.74, 6) is 8.84. The number of nitrogens with two attached hydrogens (primary N) is 1. The first-order valence-corrected chi connectivity index (χ1v) is 10.3. The minimum Gasteiger partial charge on any atom is -0.485 e. The first-order chi connectivity index (χ1) is 15.1. The number of fused-ring (bicyclic) bond motifs is 2. The number of non-ortho nitro benzene ring substituents is 1. The SMILES string of the molecule is Nn1c(SCc2cc([N+](=O)[O-])cc3c2OCOC3)nnc1[C@H]1COc2ccccc2O1. The van der Waals surface area contributed by atoms with Crippen molar-refractivity contribution in [3.63, 3.8) is 0 Å². The Kier molecular flexibility index (Phi) is 5.00. The van der Waals surface area contributed by atoms with Crippen LogP contribution in [0.4, 0.5) is 5.69 Å². The Morgan fingerprint density at radius 3 is 2.90 bits per heavy atom. The lowest BCUT2D eigenvalue weighted by Crippen LogP contribution is -2.27. The van der Waals surface area contributed by atoms with Crippen LogP contribution in [0.5, 0.6) is 17.2 Å². The number of para-hydroxylation sites is 2. The van der Waals surface area contributed by atoms with Gasteiger partial charge >= 0.3 is 0 Å². The van der Waals surface area contributed by atoms with E-state index in [1.54, 1.807) is 0 Å². The minimum atomic E-state index is -0.507. The van der Waals surface area contributed by atoms with E-state index in [0.717, 1.165) is 0 Å². The molecule has 2 aliphatic rings. The first-order valence-electron chi connectivity index (χ1n) is 9.32. The molecule has 2 aromatic carbocycles. The van der Waals surface area contributed by atoms with Crippen molar-refractivity contribution in [3.8, 4) is 17.2 Å². The topological polar surface area (TPSA) is 137 Å². The third-order valence-corrected chi connectivity index (χ3v) is 5.82. The number of nitro groups is 1. The van der Waals surface area contributed by atoms with Gasteiger partial charge in [-0.15, -0.1) is 10.2 Å². The number of hydrogen-bond donors (Lipinski definition) is 1. The van der Waals surface area contributed by atoms with Gasteiger partial charge < -0.3 is 24.8 Å². The van der Waals surface area contributed by atoms with Crippen molar-refractivity contribution < 1.29 is 23.9 Å². The second kappa shape index (κ2) is 7.96. The zero-order valence-electron chi connectivity index (χ0n) is 16.1. The average molecular weight is 443 g/mol. The van der Waals surface area contributed by atoms with Gasteiger partial charge in [0.2, 0.25) is 5.16 Å². The molecule has 11 nitrogen and oxygen atoms in total. The molecule has 2 aliphatic heterocycles. The van der Waals surface area contributed by atoms with E-state index in [1.165, 1.54) is 28.6 Å². The van der Waals surface area contributed by atoms with E-state index >= 15 is 0 Å². The number of thioether (sulfide) groups is 1. The van der Waals surface area contributed by atoms with E-state index in [1.807, 2.05) is 24.3 Å². The van der Waals surface area contributed by atoms with Crippen LogP contribution in [0, 0.1) is 10.1 Å². The number of nitrogens with zero attached hydrogens (tertiary/aromatic N) is 4. The molecule has 0 bridgehead atoms. The Morgan fingerprint density at radius 1 is 1.23 bits per heavy atom. The van der Waals surface area contributed by atoms with Crippen LogP contribution in [0.25, 0.3) is 0 Å². The highest BCUT2D eigenvalue weighted by Crippen LogP contribution is 2.38. The summed E-state index contributed by atoms with van der Waals surface area (Å²) in [5.41, 5.74) is 1.27. The largest absolute Gasteiger partial charge is 0.485 e. The molecule has 3 heterocycles. The highest BCUT2D eigenvalue weighted by Gasteiger charge is 2.28. The Morgan fingerprint density at radius 2 is 2.06 bits per heavy atom. The predicted molar refractivity (Wildman–Crippen MR) is 108 cm³/mol.